The molecule has 0 unspecified atom stereocenters. The lowest BCUT2D eigenvalue weighted by molar-refractivity contribution is 0.180. The van der Waals surface area contributed by atoms with Gasteiger partial charge in [-0.05, 0) is 24.6 Å². The molecule has 1 fully saturated rings. The van der Waals surface area contributed by atoms with E-state index in [1.807, 2.05) is 29.6 Å². The van der Waals surface area contributed by atoms with Crippen molar-refractivity contribution in [2.75, 3.05) is 20.1 Å². The zero-order valence-electron chi connectivity index (χ0n) is 13.9. The van der Waals surface area contributed by atoms with Crippen LogP contribution >= 0.6 is 11.3 Å². The lowest BCUT2D eigenvalue weighted by Gasteiger charge is -2.27. The van der Waals surface area contributed by atoms with E-state index in [9.17, 15) is 4.39 Å². The van der Waals surface area contributed by atoms with Crippen molar-refractivity contribution in [1.29, 1.82) is 0 Å². The highest BCUT2D eigenvalue weighted by atomic mass is 32.1. The standard InChI is InChI=1S/C18H24FN3OS/c1-21(9-14-2-4-15(13-23)5-3-14)11-17-8-16(19)10-22(17)12-18-20-6-7-24-18/h2-7,16-17,23H,8-13H2,1H3/t16-,17-/m0/s1. The van der Waals surface area contributed by atoms with Crippen molar-refractivity contribution in [3.8, 4) is 0 Å². The monoisotopic (exact) mass is 349 g/mol. The number of benzene rings is 1. The number of aliphatic hydroxyl groups is 1. The van der Waals surface area contributed by atoms with Crippen LogP contribution in [0.25, 0.3) is 0 Å². The van der Waals surface area contributed by atoms with Gasteiger partial charge in [-0.3, -0.25) is 4.90 Å². The summed E-state index contributed by atoms with van der Waals surface area (Å²) in [5.41, 5.74) is 2.13. The van der Waals surface area contributed by atoms with Gasteiger partial charge in [0.05, 0.1) is 13.2 Å². The Bertz CT molecular complexity index is 620. The summed E-state index contributed by atoms with van der Waals surface area (Å²) >= 11 is 1.63. The minimum atomic E-state index is -0.743. The van der Waals surface area contributed by atoms with Crippen LogP contribution < -0.4 is 0 Å². The summed E-state index contributed by atoms with van der Waals surface area (Å²) in [6, 6.07) is 8.21. The number of hydrogen-bond acceptors (Lipinski definition) is 5. The number of likely N-dealkylation sites (tertiary alicyclic amines) is 1. The normalized spacial score (nSPS) is 21.7. The summed E-state index contributed by atoms with van der Waals surface area (Å²) in [6.45, 7) is 2.98. The van der Waals surface area contributed by atoms with Gasteiger partial charge in [-0.2, -0.15) is 0 Å². The van der Waals surface area contributed by atoms with E-state index in [-0.39, 0.29) is 12.6 Å². The Balaban J connectivity index is 1.56. The second kappa shape index (κ2) is 8.16. The highest BCUT2D eigenvalue weighted by molar-refractivity contribution is 7.09. The molecule has 130 valence electrons. The molecule has 1 aliphatic heterocycles. The summed E-state index contributed by atoms with van der Waals surface area (Å²) in [7, 11) is 2.08. The van der Waals surface area contributed by atoms with Gasteiger partial charge >= 0.3 is 0 Å². The summed E-state index contributed by atoms with van der Waals surface area (Å²) < 4.78 is 13.9. The van der Waals surface area contributed by atoms with Crippen molar-refractivity contribution in [2.45, 2.75) is 38.3 Å². The molecule has 6 heteroatoms. The largest absolute Gasteiger partial charge is 0.392 e. The first-order valence-corrected chi connectivity index (χ1v) is 9.15. The molecule has 24 heavy (non-hydrogen) atoms. The maximum absolute atomic E-state index is 13.9. The fourth-order valence-electron chi connectivity index (χ4n) is 3.30. The molecule has 0 bridgehead atoms. The van der Waals surface area contributed by atoms with E-state index in [4.69, 9.17) is 5.11 Å². The van der Waals surface area contributed by atoms with Crippen molar-refractivity contribution in [3.63, 3.8) is 0 Å². The van der Waals surface area contributed by atoms with E-state index in [0.29, 0.717) is 13.0 Å². The number of nitrogens with zero attached hydrogens (tertiary/aromatic N) is 3. The van der Waals surface area contributed by atoms with E-state index < -0.39 is 6.17 Å². The molecule has 3 rings (SSSR count). The minimum absolute atomic E-state index is 0.0712. The number of aromatic nitrogens is 1. The first-order valence-electron chi connectivity index (χ1n) is 8.27. The summed E-state index contributed by atoms with van der Waals surface area (Å²) in [6.07, 6.45) is 1.66. The zero-order valence-corrected chi connectivity index (χ0v) is 14.8. The predicted molar refractivity (Wildman–Crippen MR) is 94.5 cm³/mol. The van der Waals surface area contributed by atoms with Crippen LogP contribution in [0, 0.1) is 0 Å². The molecule has 1 aromatic carbocycles. The van der Waals surface area contributed by atoms with E-state index in [1.54, 1.807) is 17.5 Å². The lowest BCUT2D eigenvalue weighted by Crippen LogP contribution is -2.38. The van der Waals surface area contributed by atoms with Crippen LogP contribution in [0.5, 0.6) is 0 Å². The minimum Gasteiger partial charge on any atom is -0.392 e. The fraction of sp³-hybridized carbons (Fsp3) is 0.500. The Morgan fingerprint density at radius 1 is 1.33 bits per heavy atom. The van der Waals surface area contributed by atoms with Gasteiger partial charge in [0, 0.05) is 37.3 Å². The number of likely N-dealkylation sites (N-methyl/N-ethyl adjacent to an activating group) is 1. The van der Waals surface area contributed by atoms with Gasteiger partial charge in [0.2, 0.25) is 0 Å². The number of thiazole rings is 1. The van der Waals surface area contributed by atoms with Gasteiger partial charge < -0.3 is 10.0 Å². The van der Waals surface area contributed by atoms with Gasteiger partial charge in [0.15, 0.2) is 0 Å². The van der Waals surface area contributed by atoms with Crippen LogP contribution in [0.3, 0.4) is 0 Å². The average molecular weight is 349 g/mol. The van der Waals surface area contributed by atoms with E-state index >= 15 is 0 Å². The highest BCUT2D eigenvalue weighted by Gasteiger charge is 2.33. The molecule has 0 radical (unpaired) electrons. The maximum Gasteiger partial charge on any atom is 0.114 e. The van der Waals surface area contributed by atoms with Crippen LogP contribution in [0.4, 0.5) is 4.39 Å². The summed E-state index contributed by atoms with van der Waals surface area (Å²) in [5, 5.41) is 12.1. The van der Waals surface area contributed by atoms with Gasteiger partial charge in [-0.25, -0.2) is 9.37 Å². The highest BCUT2D eigenvalue weighted by Crippen LogP contribution is 2.24. The van der Waals surface area contributed by atoms with Crippen molar-refractivity contribution < 1.29 is 9.50 Å². The molecule has 0 aliphatic carbocycles. The Morgan fingerprint density at radius 3 is 2.75 bits per heavy atom. The smallest absolute Gasteiger partial charge is 0.114 e. The zero-order chi connectivity index (χ0) is 16.9. The number of halogens is 1. The average Bonchev–Trinajstić information content (AvgIpc) is 3.18. The van der Waals surface area contributed by atoms with Crippen LogP contribution in [-0.4, -0.2) is 52.2 Å². The Hall–Kier alpha value is -1.34. The van der Waals surface area contributed by atoms with Gasteiger partial charge in [-0.15, -0.1) is 11.3 Å². The van der Waals surface area contributed by atoms with Crippen LogP contribution in [0.1, 0.15) is 22.6 Å². The maximum atomic E-state index is 13.9. The summed E-state index contributed by atoms with van der Waals surface area (Å²) in [5.74, 6) is 0. The molecule has 1 aromatic heterocycles. The lowest BCUT2D eigenvalue weighted by atomic mass is 10.1. The van der Waals surface area contributed by atoms with Crippen molar-refractivity contribution >= 4 is 11.3 Å². The molecule has 1 saturated heterocycles. The number of hydrogen-bond donors (Lipinski definition) is 1. The van der Waals surface area contributed by atoms with E-state index in [0.717, 1.165) is 30.2 Å². The molecule has 1 N–H and O–H groups in total. The molecule has 0 amide bonds. The molecular weight excluding hydrogens is 325 g/mol. The van der Waals surface area contributed by atoms with Gasteiger partial charge in [0.1, 0.15) is 11.2 Å². The Labute approximate surface area is 146 Å². The second-order valence-electron chi connectivity index (χ2n) is 6.51. The quantitative estimate of drug-likeness (QED) is 0.834. The van der Waals surface area contributed by atoms with Crippen LogP contribution in [0.2, 0.25) is 0 Å². The van der Waals surface area contributed by atoms with Crippen molar-refractivity contribution in [2.24, 2.45) is 0 Å². The Kier molecular flexibility index (Phi) is 5.94. The third kappa shape index (κ3) is 4.60. The third-order valence-electron chi connectivity index (χ3n) is 4.48. The fourth-order valence-corrected chi connectivity index (χ4v) is 3.94. The Morgan fingerprint density at radius 2 is 2.08 bits per heavy atom. The predicted octanol–water partition coefficient (Wildman–Crippen LogP) is 2.68. The van der Waals surface area contributed by atoms with Crippen molar-refractivity contribution in [3.05, 3.63) is 52.0 Å². The molecule has 4 nitrogen and oxygen atoms in total. The van der Waals surface area contributed by atoms with Crippen LogP contribution in [0.15, 0.2) is 35.8 Å². The summed E-state index contributed by atoms with van der Waals surface area (Å²) in [4.78, 5) is 8.78. The molecule has 2 atom stereocenters. The van der Waals surface area contributed by atoms with Crippen LogP contribution in [-0.2, 0) is 19.7 Å². The topological polar surface area (TPSA) is 39.6 Å². The number of aliphatic hydroxyl groups excluding tert-OH is 1. The number of rotatable bonds is 7. The van der Waals surface area contributed by atoms with E-state index in [2.05, 4.69) is 21.8 Å². The molecular formula is C18H24FN3OS. The van der Waals surface area contributed by atoms with Gasteiger partial charge in [-0.1, -0.05) is 24.3 Å². The third-order valence-corrected chi connectivity index (χ3v) is 5.24. The van der Waals surface area contributed by atoms with Crippen molar-refractivity contribution in [1.82, 2.24) is 14.8 Å². The van der Waals surface area contributed by atoms with E-state index in [1.165, 1.54) is 5.56 Å². The first kappa shape index (κ1) is 17.5. The molecule has 2 aromatic rings. The van der Waals surface area contributed by atoms with Gasteiger partial charge in [0.25, 0.3) is 0 Å². The molecule has 1 aliphatic rings. The molecule has 0 saturated carbocycles. The SMILES string of the molecule is CN(Cc1ccc(CO)cc1)C[C@@H]1C[C@H](F)CN1Cc1nccs1. The number of alkyl halides is 1. The second-order valence-corrected chi connectivity index (χ2v) is 7.49. The first-order chi connectivity index (χ1) is 11.6. The molecule has 0 spiro atoms. The molecule has 2 heterocycles.